The van der Waals surface area contributed by atoms with Crippen molar-refractivity contribution in [2.24, 2.45) is 0 Å². The Morgan fingerprint density at radius 3 is 2.12 bits per heavy atom. The van der Waals surface area contributed by atoms with Crippen molar-refractivity contribution in [3.8, 4) is 12.0 Å². The fourth-order valence-electron chi connectivity index (χ4n) is 2.15. The van der Waals surface area contributed by atoms with Gasteiger partial charge in [-0.2, -0.15) is 9.97 Å². The number of hydrogen-bond acceptors (Lipinski definition) is 9. The summed E-state index contributed by atoms with van der Waals surface area (Å²) in [7, 11) is -1.03. The first-order chi connectivity index (χ1) is 11.8. The number of nitrogens with zero attached hydrogens (tertiary/aromatic N) is 4. The third-order valence-electron chi connectivity index (χ3n) is 3.42. The maximum Gasteiger partial charge on any atom is 0.322 e. The van der Waals surface area contributed by atoms with E-state index < -0.39 is 15.8 Å². The molecule has 1 aromatic rings. The van der Waals surface area contributed by atoms with Crippen LogP contribution in [0.2, 0.25) is 0 Å². The van der Waals surface area contributed by atoms with E-state index in [0.29, 0.717) is 6.42 Å². The van der Waals surface area contributed by atoms with Gasteiger partial charge in [0.2, 0.25) is 21.8 Å². The molecule has 1 aliphatic rings. The predicted molar refractivity (Wildman–Crippen MR) is 84.1 cm³/mol. The van der Waals surface area contributed by atoms with Crippen molar-refractivity contribution in [2.45, 2.75) is 25.8 Å². The first-order valence-corrected chi connectivity index (χ1v) is 9.13. The van der Waals surface area contributed by atoms with Crippen LogP contribution in [0.25, 0.3) is 0 Å². The molecular formula is C13H19N5O6S. The first kappa shape index (κ1) is 19.0. The van der Waals surface area contributed by atoms with E-state index in [2.05, 4.69) is 19.7 Å². The molecule has 0 aromatic carbocycles. The highest BCUT2D eigenvalue weighted by Gasteiger charge is 2.27. The lowest BCUT2D eigenvalue weighted by Gasteiger charge is -2.24. The van der Waals surface area contributed by atoms with Crippen molar-refractivity contribution in [1.29, 1.82) is 0 Å². The second kappa shape index (κ2) is 8.16. The molecule has 1 aromatic heterocycles. The van der Waals surface area contributed by atoms with Gasteiger partial charge in [-0.15, -0.1) is 4.98 Å². The van der Waals surface area contributed by atoms with Crippen molar-refractivity contribution in [2.75, 3.05) is 26.5 Å². The fraction of sp³-hybridized carbons (Fsp3) is 0.615. The van der Waals surface area contributed by atoms with Crippen LogP contribution in [0.4, 0.5) is 0 Å². The zero-order valence-corrected chi connectivity index (χ0v) is 14.7. The normalized spacial score (nSPS) is 15.4. The summed E-state index contributed by atoms with van der Waals surface area (Å²) in [6, 6.07) is -0.0175. The molecular weight excluding hydrogens is 354 g/mol. The molecule has 12 heteroatoms. The number of nitrogens with one attached hydrogen (secondary N) is 1. The number of sulfonamides is 1. The molecule has 2 rings (SSSR count). The maximum absolute atomic E-state index is 12.1. The SMILES string of the molecule is COc1nc(CNS(=O)(=O)CCN2C(=O)CCCC2=O)nc(OC)n1. The minimum Gasteiger partial charge on any atom is -0.467 e. The van der Waals surface area contributed by atoms with Gasteiger partial charge in [0.25, 0.3) is 0 Å². The molecule has 1 fully saturated rings. The largest absolute Gasteiger partial charge is 0.467 e. The van der Waals surface area contributed by atoms with Crippen LogP contribution in [0.5, 0.6) is 12.0 Å². The number of piperidine rings is 1. The smallest absolute Gasteiger partial charge is 0.322 e. The van der Waals surface area contributed by atoms with Gasteiger partial charge in [-0.05, 0) is 6.42 Å². The Hall–Kier alpha value is -2.34. The highest BCUT2D eigenvalue weighted by Crippen LogP contribution is 2.12. The van der Waals surface area contributed by atoms with Crippen LogP contribution in [0.3, 0.4) is 0 Å². The van der Waals surface area contributed by atoms with E-state index in [9.17, 15) is 18.0 Å². The number of methoxy groups -OCH3 is 2. The maximum atomic E-state index is 12.1. The van der Waals surface area contributed by atoms with E-state index in [1.54, 1.807) is 0 Å². The summed E-state index contributed by atoms with van der Waals surface area (Å²) in [5.41, 5.74) is 0. The van der Waals surface area contributed by atoms with E-state index in [0.717, 1.165) is 4.90 Å². The number of carbonyl (C=O) groups is 2. The van der Waals surface area contributed by atoms with Crippen LogP contribution in [-0.2, 0) is 26.2 Å². The Morgan fingerprint density at radius 1 is 1.04 bits per heavy atom. The summed E-state index contributed by atoms with van der Waals surface area (Å²) in [6.45, 7) is -0.393. The van der Waals surface area contributed by atoms with Gasteiger partial charge in [-0.3, -0.25) is 14.5 Å². The molecule has 2 heterocycles. The zero-order chi connectivity index (χ0) is 18.4. The lowest BCUT2D eigenvalue weighted by atomic mass is 10.1. The number of hydrogen-bond donors (Lipinski definition) is 1. The molecule has 1 aliphatic heterocycles. The number of amides is 2. The molecule has 1 saturated heterocycles. The monoisotopic (exact) mass is 373 g/mol. The standard InChI is InChI=1S/C13H19N5O6S/c1-23-12-15-9(16-13(17-12)24-2)8-14-25(21,22)7-6-18-10(19)4-3-5-11(18)20/h14H,3-8H2,1-2H3. The number of imide groups is 1. The Morgan fingerprint density at radius 2 is 1.60 bits per heavy atom. The molecule has 0 bridgehead atoms. The average Bonchev–Trinajstić information content (AvgIpc) is 2.59. The number of rotatable bonds is 8. The molecule has 0 unspecified atom stereocenters. The van der Waals surface area contributed by atoms with Crippen LogP contribution in [0.15, 0.2) is 0 Å². The topological polar surface area (TPSA) is 141 Å². The summed E-state index contributed by atoms with van der Waals surface area (Å²) in [5.74, 6) is -0.988. The highest BCUT2D eigenvalue weighted by molar-refractivity contribution is 7.89. The summed E-state index contributed by atoms with van der Waals surface area (Å²) < 4.78 is 36.2. The molecule has 138 valence electrons. The van der Waals surface area contributed by atoms with E-state index in [-0.39, 0.29) is 55.6 Å². The lowest BCUT2D eigenvalue weighted by Crippen LogP contribution is -2.44. The summed E-state index contributed by atoms with van der Waals surface area (Å²) in [5, 5.41) is 0. The van der Waals surface area contributed by atoms with Crippen LogP contribution >= 0.6 is 0 Å². The van der Waals surface area contributed by atoms with Crippen molar-refractivity contribution in [1.82, 2.24) is 24.6 Å². The average molecular weight is 373 g/mol. The molecule has 1 N–H and O–H groups in total. The molecule has 0 saturated carbocycles. The molecule has 0 aliphatic carbocycles. The van der Waals surface area contributed by atoms with Gasteiger partial charge in [0.1, 0.15) is 0 Å². The fourth-order valence-corrected chi connectivity index (χ4v) is 3.06. The van der Waals surface area contributed by atoms with Gasteiger partial charge >= 0.3 is 12.0 Å². The molecule has 25 heavy (non-hydrogen) atoms. The van der Waals surface area contributed by atoms with Crippen molar-refractivity contribution >= 4 is 21.8 Å². The predicted octanol–water partition coefficient (Wildman–Crippen LogP) is -1.15. The summed E-state index contributed by atoms with van der Waals surface area (Å²) in [4.78, 5) is 36.0. The molecule has 0 radical (unpaired) electrons. The van der Waals surface area contributed by atoms with Crippen LogP contribution in [-0.4, -0.2) is 66.6 Å². The quantitative estimate of drug-likeness (QED) is 0.559. The number of ether oxygens (including phenoxy) is 2. The Balaban J connectivity index is 1.95. The minimum absolute atomic E-state index is 0.00874. The zero-order valence-electron chi connectivity index (χ0n) is 13.9. The van der Waals surface area contributed by atoms with Crippen molar-refractivity contribution in [3.63, 3.8) is 0 Å². The highest BCUT2D eigenvalue weighted by atomic mass is 32.2. The second-order valence-electron chi connectivity index (χ2n) is 5.16. The Labute approximate surface area is 144 Å². The first-order valence-electron chi connectivity index (χ1n) is 7.48. The van der Waals surface area contributed by atoms with Gasteiger partial charge in [-0.25, -0.2) is 13.1 Å². The lowest BCUT2D eigenvalue weighted by molar-refractivity contribution is -0.147. The van der Waals surface area contributed by atoms with E-state index in [4.69, 9.17) is 9.47 Å². The second-order valence-corrected chi connectivity index (χ2v) is 7.08. The molecule has 2 amide bonds. The molecule has 0 spiro atoms. The van der Waals surface area contributed by atoms with Crippen LogP contribution in [0, 0.1) is 0 Å². The van der Waals surface area contributed by atoms with Gasteiger partial charge in [-0.1, -0.05) is 0 Å². The van der Waals surface area contributed by atoms with E-state index >= 15 is 0 Å². The van der Waals surface area contributed by atoms with Crippen LogP contribution in [0.1, 0.15) is 25.1 Å². The molecule has 0 atom stereocenters. The van der Waals surface area contributed by atoms with Gasteiger partial charge in [0.05, 0.1) is 26.5 Å². The van der Waals surface area contributed by atoms with Gasteiger partial charge < -0.3 is 9.47 Å². The minimum atomic E-state index is -3.74. The Kier molecular flexibility index (Phi) is 6.20. The third-order valence-corrected chi connectivity index (χ3v) is 4.73. The number of aromatic nitrogens is 3. The van der Waals surface area contributed by atoms with E-state index in [1.165, 1.54) is 14.2 Å². The van der Waals surface area contributed by atoms with Gasteiger partial charge in [0.15, 0.2) is 5.82 Å². The third kappa shape index (κ3) is 5.32. The Bertz CT molecular complexity index is 715. The summed E-state index contributed by atoms with van der Waals surface area (Å²) >= 11 is 0. The number of likely N-dealkylation sites (tertiary alicyclic amines) is 1. The van der Waals surface area contributed by atoms with Gasteiger partial charge in [0, 0.05) is 19.4 Å². The van der Waals surface area contributed by atoms with Crippen LogP contribution < -0.4 is 14.2 Å². The number of carbonyl (C=O) groups excluding carboxylic acids is 2. The van der Waals surface area contributed by atoms with Crippen molar-refractivity contribution < 1.29 is 27.5 Å². The van der Waals surface area contributed by atoms with Crippen molar-refractivity contribution in [3.05, 3.63) is 5.82 Å². The summed E-state index contributed by atoms with van der Waals surface area (Å²) in [6.07, 6.45) is 1.01. The van der Waals surface area contributed by atoms with E-state index in [1.807, 2.05) is 0 Å². The molecule has 11 nitrogen and oxygen atoms in total.